The smallest absolute Gasteiger partial charge is 0.280 e. The Balaban J connectivity index is 1.55. The molecule has 5 nitrogen and oxygen atoms in total. The second kappa shape index (κ2) is 6.20. The Bertz CT molecular complexity index is 851. The van der Waals surface area contributed by atoms with E-state index in [9.17, 15) is 8.42 Å². The van der Waals surface area contributed by atoms with Crippen LogP contribution >= 0.6 is 0 Å². The average Bonchev–Trinajstić information content (AvgIpc) is 2.61. The first-order valence-corrected chi connectivity index (χ1v) is 9.63. The zero-order chi connectivity index (χ0) is 16.6. The quantitative estimate of drug-likeness (QED) is 0.930. The van der Waals surface area contributed by atoms with Crippen LogP contribution in [0.15, 0.2) is 48.5 Å². The molecule has 2 aliphatic heterocycles. The first-order valence-electron chi connectivity index (χ1n) is 8.19. The molecule has 0 bridgehead atoms. The van der Waals surface area contributed by atoms with Gasteiger partial charge in [-0.25, -0.2) is 0 Å². The summed E-state index contributed by atoms with van der Waals surface area (Å²) in [5.74, 6) is 0.764. The zero-order valence-corrected chi connectivity index (χ0v) is 14.1. The molecular weight excluding hydrogens is 324 g/mol. The summed E-state index contributed by atoms with van der Waals surface area (Å²) in [6.07, 6.45) is 1.39. The minimum absolute atomic E-state index is 0.239. The lowest BCUT2D eigenvalue weighted by Crippen LogP contribution is -2.45. The Morgan fingerprint density at radius 2 is 1.79 bits per heavy atom. The van der Waals surface area contributed by atoms with Gasteiger partial charge in [-0.05, 0) is 23.6 Å². The van der Waals surface area contributed by atoms with Gasteiger partial charge in [0.05, 0.1) is 12.6 Å². The molecule has 0 saturated carbocycles. The summed E-state index contributed by atoms with van der Waals surface area (Å²) in [6, 6.07) is 15.4. The second-order valence-corrected chi connectivity index (χ2v) is 7.90. The van der Waals surface area contributed by atoms with Gasteiger partial charge >= 0.3 is 0 Å². The van der Waals surface area contributed by atoms with Crippen molar-refractivity contribution in [2.75, 3.05) is 13.2 Å². The molecule has 24 heavy (non-hydrogen) atoms. The summed E-state index contributed by atoms with van der Waals surface area (Å²) in [6.45, 7) is 1.46. The number of nitrogens with one attached hydrogen (secondary N) is 1. The van der Waals surface area contributed by atoms with E-state index in [-0.39, 0.29) is 6.04 Å². The molecule has 0 unspecified atom stereocenters. The van der Waals surface area contributed by atoms with Crippen LogP contribution in [0.5, 0.6) is 5.75 Å². The van der Waals surface area contributed by atoms with Crippen molar-refractivity contribution in [1.29, 1.82) is 0 Å². The highest BCUT2D eigenvalue weighted by Crippen LogP contribution is 2.32. The van der Waals surface area contributed by atoms with Crippen LogP contribution in [-0.4, -0.2) is 25.9 Å². The number of rotatable bonds is 3. The van der Waals surface area contributed by atoms with Crippen LogP contribution in [0.25, 0.3) is 0 Å². The van der Waals surface area contributed by atoms with Crippen LogP contribution < -0.4 is 9.46 Å². The van der Waals surface area contributed by atoms with Crippen molar-refractivity contribution < 1.29 is 13.2 Å². The van der Waals surface area contributed by atoms with Gasteiger partial charge in [0.25, 0.3) is 10.2 Å². The molecule has 0 amide bonds. The molecule has 0 radical (unpaired) electrons. The number of nitrogens with zero attached hydrogens (tertiary/aromatic N) is 1. The standard InChI is InChI=1S/C18H20N2O3S/c21-24(22,20-11-9-14-5-1-2-6-15(14)13-20)19-17-10-12-23-18-8-4-3-7-16(17)18/h1-8,17,19H,9-13H2/t17-/m0/s1. The summed E-state index contributed by atoms with van der Waals surface area (Å²) >= 11 is 0. The summed E-state index contributed by atoms with van der Waals surface area (Å²) in [5.41, 5.74) is 3.23. The molecule has 2 aromatic carbocycles. The van der Waals surface area contributed by atoms with Gasteiger partial charge in [0.15, 0.2) is 0 Å². The fraction of sp³-hybridized carbons (Fsp3) is 0.333. The SMILES string of the molecule is O=S(=O)(N[C@H]1CCOc2ccccc21)N1CCc2ccccc2C1. The molecule has 0 saturated heterocycles. The van der Waals surface area contributed by atoms with Gasteiger partial charge in [0, 0.05) is 25.1 Å². The topological polar surface area (TPSA) is 58.6 Å². The molecule has 0 aliphatic carbocycles. The van der Waals surface area contributed by atoms with Crippen molar-refractivity contribution in [2.45, 2.75) is 25.4 Å². The number of fused-ring (bicyclic) bond motifs is 2. The van der Waals surface area contributed by atoms with E-state index in [0.29, 0.717) is 26.1 Å². The van der Waals surface area contributed by atoms with Crippen LogP contribution in [0.4, 0.5) is 0 Å². The molecule has 0 spiro atoms. The Morgan fingerprint density at radius 3 is 2.67 bits per heavy atom. The fourth-order valence-corrected chi connectivity index (χ4v) is 4.79. The van der Waals surface area contributed by atoms with Gasteiger partial charge in [0.2, 0.25) is 0 Å². The molecule has 6 heteroatoms. The van der Waals surface area contributed by atoms with Crippen molar-refractivity contribution >= 4 is 10.2 Å². The van der Waals surface area contributed by atoms with Gasteiger partial charge in [-0.15, -0.1) is 0 Å². The normalized spacial score (nSPS) is 20.8. The van der Waals surface area contributed by atoms with Crippen LogP contribution in [-0.2, 0) is 23.2 Å². The lowest BCUT2D eigenvalue weighted by atomic mass is 10.0. The third-order valence-corrected chi connectivity index (χ3v) is 6.26. The molecule has 0 fully saturated rings. The zero-order valence-electron chi connectivity index (χ0n) is 13.3. The van der Waals surface area contributed by atoms with Crippen LogP contribution in [0, 0.1) is 0 Å². The van der Waals surface area contributed by atoms with Crippen LogP contribution in [0.3, 0.4) is 0 Å². The summed E-state index contributed by atoms with van der Waals surface area (Å²) in [7, 11) is -3.54. The molecule has 2 aliphatic rings. The first kappa shape index (κ1) is 15.6. The van der Waals surface area contributed by atoms with Gasteiger partial charge < -0.3 is 4.74 Å². The maximum atomic E-state index is 12.8. The van der Waals surface area contributed by atoms with Crippen LogP contribution in [0.2, 0.25) is 0 Å². The minimum Gasteiger partial charge on any atom is -0.493 e. The molecule has 2 heterocycles. The first-order chi connectivity index (χ1) is 11.6. The molecule has 4 rings (SSSR count). The molecule has 0 aromatic heterocycles. The Labute approximate surface area is 142 Å². The minimum atomic E-state index is -3.54. The Kier molecular flexibility index (Phi) is 4.04. The van der Waals surface area contributed by atoms with E-state index in [4.69, 9.17) is 4.74 Å². The van der Waals surface area contributed by atoms with Crippen molar-refractivity contribution in [2.24, 2.45) is 0 Å². The number of hydrogen-bond donors (Lipinski definition) is 1. The summed E-state index contributed by atoms with van der Waals surface area (Å²) in [5, 5.41) is 0. The van der Waals surface area contributed by atoms with Gasteiger partial charge in [-0.2, -0.15) is 17.4 Å². The van der Waals surface area contributed by atoms with E-state index in [2.05, 4.69) is 10.8 Å². The highest BCUT2D eigenvalue weighted by molar-refractivity contribution is 7.87. The highest BCUT2D eigenvalue weighted by Gasteiger charge is 2.31. The van der Waals surface area contributed by atoms with Gasteiger partial charge in [-0.1, -0.05) is 42.5 Å². The third-order valence-electron chi connectivity index (χ3n) is 4.69. The van der Waals surface area contributed by atoms with Crippen molar-refractivity contribution in [3.63, 3.8) is 0 Å². The maximum absolute atomic E-state index is 12.8. The van der Waals surface area contributed by atoms with Crippen molar-refractivity contribution in [1.82, 2.24) is 9.03 Å². The monoisotopic (exact) mass is 344 g/mol. The van der Waals surface area contributed by atoms with E-state index in [1.165, 1.54) is 9.87 Å². The Morgan fingerprint density at radius 1 is 1.04 bits per heavy atom. The number of hydrogen-bond acceptors (Lipinski definition) is 3. The van der Waals surface area contributed by atoms with Crippen LogP contribution in [0.1, 0.15) is 29.2 Å². The van der Waals surface area contributed by atoms with E-state index in [0.717, 1.165) is 23.3 Å². The highest BCUT2D eigenvalue weighted by atomic mass is 32.2. The lowest BCUT2D eigenvalue weighted by molar-refractivity contribution is 0.260. The molecule has 1 N–H and O–H groups in total. The van der Waals surface area contributed by atoms with Gasteiger partial charge in [-0.3, -0.25) is 0 Å². The molecule has 1 atom stereocenters. The van der Waals surface area contributed by atoms with E-state index in [1.807, 2.05) is 42.5 Å². The number of benzene rings is 2. The maximum Gasteiger partial charge on any atom is 0.280 e. The van der Waals surface area contributed by atoms with Gasteiger partial charge in [0.1, 0.15) is 5.75 Å². The van der Waals surface area contributed by atoms with Crippen molar-refractivity contribution in [3.8, 4) is 5.75 Å². The molecule has 126 valence electrons. The third kappa shape index (κ3) is 2.92. The number of ether oxygens (including phenoxy) is 1. The summed E-state index contributed by atoms with van der Waals surface area (Å²) in [4.78, 5) is 0. The summed E-state index contributed by atoms with van der Waals surface area (Å²) < 4.78 is 35.7. The lowest BCUT2D eigenvalue weighted by Gasteiger charge is -2.32. The average molecular weight is 344 g/mol. The van der Waals surface area contributed by atoms with E-state index in [1.54, 1.807) is 0 Å². The fourth-order valence-electron chi connectivity index (χ4n) is 3.39. The predicted molar refractivity (Wildman–Crippen MR) is 91.9 cm³/mol. The molecular formula is C18H20N2O3S. The van der Waals surface area contributed by atoms with E-state index < -0.39 is 10.2 Å². The molecule has 2 aromatic rings. The second-order valence-electron chi connectivity index (χ2n) is 6.20. The largest absolute Gasteiger partial charge is 0.493 e. The Hall–Kier alpha value is -1.89. The van der Waals surface area contributed by atoms with E-state index >= 15 is 0 Å². The number of para-hydroxylation sites is 1. The van der Waals surface area contributed by atoms with Crippen molar-refractivity contribution in [3.05, 3.63) is 65.2 Å². The predicted octanol–water partition coefficient (Wildman–Crippen LogP) is 2.40.